The first kappa shape index (κ1) is 28.5. The number of esters is 1. The standard InChI is InChI=1S/C26H27ClN3O8P/c1-17-15-30(26(33)28-24(17)31)23-13-12-21(37-23)16-36-39(34,38-20-10-8-19(27)9-11-20)29-22(25(32)35-2)14-18-6-4-3-5-7-18/h3-13,15,21-23H,14,16H2,1-2H3,(H,29,34)(H,28,31,33)/t21-,22-,23+,39?/m0/s1. The van der Waals surface area contributed by atoms with E-state index >= 15 is 0 Å². The highest BCUT2D eigenvalue weighted by Gasteiger charge is 2.36. The number of nitrogens with one attached hydrogen (secondary N) is 2. The molecule has 2 N–H and O–H groups in total. The van der Waals surface area contributed by atoms with Crippen LogP contribution in [0.3, 0.4) is 0 Å². The van der Waals surface area contributed by atoms with E-state index in [1.807, 2.05) is 30.3 Å². The van der Waals surface area contributed by atoms with Gasteiger partial charge in [-0.1, -0.05) is 48.0 Å². The second kappa shape index (κ2) is 12.6. The van der Waals surface area contributed by atoms with E-state index in [-0.39, 0.29) is 18.8 Å². The summed E-state index contributed by atoms with van der Waals surface area (Å²) in [4.78, 5) is 38.7. The van der Waals surface area contributed by atoms with E-state index < -0.39 is 43.3 Å². The molecule has 13 heteroatoms. The van der Waals surface area contributed by atoms with Gasteiger partial charge in [-0.3, -0.25) is 23.7 Å². The second-order valence-corrected chi connectivity index (χ2v) is 10.8. The van der Waals surface area contributed by atoms with Gasteiger partial charge in [0.2, 0.25) is 0 Å². The molecule has 0 spiro atoms. The fraction of sp³-hybridized carbons (Fsp3) is 0.269. The van der Waals surface area contributed by atoms with Gasteiger partial charge in [0.25, 0.3) is 5.56 Å². The molecule has 4 rings (SSSR count). The van der Waals surface area contributed by atoms with Gasteiger partial charge < -0.3 is 14.0 Å². The Balaban J connectivity index is 1.51. The summed E-state index contributed by atoms with van der Waals surface area (Å²) in [6.07, 6.45) is 3.25. The highest BCUT2D eigenvalue weighted by atomic mass is 35.5. The third-order valence-electron chi connectivity index (χ3n) is 5.75. The molecule has 39 heavy (non-hydrogen) atoms. The van der Waals surface area contributed by atoms with E-state index in [0.29, 0.717) is 10.6 Å². The Morgan fingerprint density at radius 3 is 2.56 bits per heavy atom. The lowest BCUT2D eigenvalue weighted by Gasteiger charge is -2.25. The molecule has 1 aromatic heterocycles. The van der Waals surface area contributed by atoms with Crippen molar-refractivity contribution in [3.63, 3.8) is 0 Å². The van der Waals surface area contributed by atoms with Crippen molar-refractivity contribution < 1.29 is 27.9 Å². The number of hydrogen-bond donors (Lipinski definition) is 2. The second-order valence-electron chi connectivity index (χ2n) is 8.66. The average Bonchev–Trinajstić information content (AvgIpc) is 3.40. The SMILES string of the molecule is COC(=O)[C@H](Cc1ccccc1)NP(=O)(OC[C@@H]1C=C[C@H](n2cc(C)c(=O)[nH]c2=O)O1)Oc1ccc(Cl)cc1. The van der Waals surface area contributed by atoms with Gasteiger partial charge in [0, 0.05) is 16.8 Å². The van der Waals surface area contributed by atoms with Gasteiger partial charge in [0.05, 0.1) is 13.7 Å². The number of rotatable bonds is 11. The first-order valence-electron chi connectivity index (χ1n) is 11.9. The van der Waals surface area contributed by atoms with Gasteiger partial charge in [-0.15, -0.1) is 0 Å². The third-order valence-corrected chi connectivity index (χ3v) is 7.57. The van der Waals surface area contributed by atoms with Crippen LogP contribution in [-0.2, 0) is 29.8 Å². The largest absolute Gasteiger partial charge is 0.468 e. The van der Waals surface area contributed by atoms with Gasteiger partial charge >= 0.3 is 19.4 Å². The Labute approximate surface area is 228 Å². The Hall–Kier alpha value is -3.47. The zero-order valence-corrected chi connectivity index (χ0v) is 22.8. The molecular formula is C26H27ClN3O8P. The number of benzene rings is 2. The molecule has 2 aromatic carbocycles. The summed E-state index contributed by atoms with van der Waals surface area (Å²) in [5.74, 6) is -0.470. The van der Waals surface area contributed by atoms with E-state index in [4.69, 9.17) is 30.1 Å². The number of carbonyl (C=O) groups is 1. The van der Waals surface area contributed by atoms with Crippen molar-refractivity contribution >= 4 is 25.3 Å². The topological polar surface area (TPSA) is 138 Å². The molecule has 0 bridgehead atoms. The molecule has 0 fully saturated rings. The highest BCUT2D eigenvalue weighted by Crippen LogP contribution is 2.46. The monoisotopic (exact) mass is 575 g/mol. The third kappa shape index (κ3) is 7.56. The molecule has 4 atom stereocenters. The Bertz CT molecular complexity index is 1490. The van der Waals surface area contributed by atoms with Crippen LogP contribution in [-0.4, -0.2) is 41.4 Å². The fourth-order valence-corrected chi connectivity index (χ4v) is 5.40. The van der Waals surface area contributed by atoms with E-state index in [1.165, 1.54) is 30.0 Å². The number of aryl methyl sites for hydroxylation is 1. The summed E-state index contributed by atoms with van der Waals surface area (Å²) < 4.78 is 37.4. The minimum absolute atomic E-state index is 0.154. The Kier molecular flexibility index (Phi) is 9.21. The van der Waals surface area contributed by atoms with Crippen molar-refractivity contribution in [2.24, 2.45) is 0 Å². The van der Waals surface area contributed by atoms with Crippen molar-refractivity contribution in [3.8, 4) is 5.75 Å². The van der Waals surface area contributed by atoms with E-state index in [1.54, 1.807) is 31.2 Å². The summed E-state index contributed by atoms with van der Waals surface area (Å²) in [5, 5.41) is 3.16. The summed E-state index contributed by atoms with van der Waals surface area (Å²) in [7, 11) is -2.98. The van der Waals surface area contributed by atoms with Crippen LogP contribution in [0.4, 0.5) is 0 Å². The van der Waals surface area contributed by atoms with Crippen molar-refractivity contribution in [1.82, 2.24) is 14.6 Å². The minimum atomic E-state index is -4.21. The van der Waals surface area contributed by atoms with Crippen molar-refractivity contribution in [2.45, 2.75) is 31.7 Å². The van der Waals surface area contributed by atoms with Gasteiger partial charge in [-0.05, 0) is 49.2 Å². The maximum absolute atomic E-state index is 14.0. The number of nitrogens with zero attached hydrogens (tertiary/aromatic N) is 1. The lowest BCUT2D eigenvalue weighted by molar-refractivity contribution is -0.142. The van der Waals surface area contributed by atoms with Crippen LogP contribution in [0.2, 0.25) is 5.02 Å². The number of halogens is 1. The number of carbonyl (C=O) groups excluding carboxylic acids is 1. The summed E-state index contributed by atoms with van der Waals surface area (Å²) in [6.45, 7) is 1.32. The molecule has 0 radical (unpaired) electrons. The van der Waals surface area contributed by atoms with Crippen LogP contribution in [0.25, 0.3) is 0 Å². The molecule has 1 aliphatic heterocycles. The van der Waals surface area contributed by atoms with Crippen molar-refractivity contribution in [3.05, 3.63) is 110 Å². The van der Waals surface area contributed by atoms with Crippen LogP contribution >= 0.6 is 19.3 Å². The summed E-state index contributed by atoms with van der Waals surface area (Å²) >= 11 is 5.96. The number of aromatic amines is 1. The number of hydrogen-bond acceptors (Lipinski definition) is 8. The van der Waals surface area contributed by atoms with Crippen molar-refractivity contribution in [2.75, 3.05) is 13.7 Å². The molecule has 1 unspecified atom stereocenters. The molecular weight excluding hydrogens is 549 g/mol. The maximum Gasteiger partial charge on any atom is 0.459 e. The molecule has 0 saturated carbocycles. The first-order valence-corrected chi connectivity index (χ1v) is 13.8. The molecule has 0 aliphatic carbocycles. The zero-order valence-electron chi connectivity index (χ0n) is 21.1. The highest BCUT2D eigenvalue weighted by molar-refractivity contribution is 7.52. The Morgan fingerprint density at radius 1 is 1.15 bits per heavy atom. The van der Waals surface area contributed by atoms with Crippen LogP contribution in [0.5, 0.6) is 5.75 Å². The van der Waals surface area contributed by atoms with Crippen LogP contribution in [0, 0.1) is 6.92 Å². The van der Waals surface area contributed by atoms with Gasteiger partial charge in [-0.2, -0.15) is 5.09 Å². The van der Waals surface area contributed by atoms with Crippen molar-refractivity contribution in [1.29, 1.82) is 0 Å². The lowest BCUT2D eigenvalue weighted by Crippen LogP contribution is -2.39. The Morgan fingerprint density at radius 2 is 1.87 bits per heavy atom. The van der Waals surface area contributed by atoms with E-state index in [2.05, 4.69) is 10.1 Å². The maximum atomic E-state index is 14.0. The quantitative estimate of drug-likeness (QED) is 0.200. The smallest absolute Gasteiger partial charge is 0.459 e. The first-order chi connectivity index (χ1) is 18.7. The van der Waals surface area contributed by atoms with Crippen LogP contribution in [0.1, 0.15) is 17.4 Å². The molecule has 0 amide bonds. The number of H-pyrrole nitrogens is 1. The van der Waals surface area contributed by atoms with Gasteiger partial charge in [0.15, 0.2) is 6.23 Å². The fourth-order valence-electron chi connectivity index (χ4n) is 3.78. The lowest BCUT2D eigenvalue weighted by atomic mass is 10.1. The number of ether oxygens (including phenoxy) is 2. The molecule has 2 heterocycles. The van der Waals surface area contributed by atoms with Gasteiger partial charge in [-0.25, -0.2) is 9.36 Å². The number of methoxy groups -OCH3 is 1. The van der Waals surface area contributed by atoms with Crippen LogP contribution in [0.15, 0.2) is 82.5 Å². The minimum Gasteiger partial charge on any atom is -0.468 e. The predicted octanol–water partition coefficient (Wildman–Crippen LogP) is 3.53. The molecule has 206 valence electrons. The van der Waals surface area contributed by atoms with Gasteiger partial charge in [0.1, 0.15) is 17.9 Å². The van der Waals surface area contributed by atoms with E-state index in [9.17, 15) is 18.9 Å². The summed E-state index contributed by atoms with van der Waals surface area (Å²) in [5.41, 5.74) is 0.0100. The normalized spacial score (nSPS) is 18.8. The summed E-state index contributed by atoms with van der Waals surface area (Å²) in [6, 6.07) is 14.2. The number of aromatic nitrogens is 2. The molecule has 11 nitrogen and oxygen atoms in total. The average molecular weight is 576 g/mol. The molecule has 0 saturated heterocycles. The predicted molar refractivity (Wildman–Crippen MR) is 144 cm³/mol. The van der Waals surface area contributed by atoms with Crippen LogP contribution < -0.4 is 20.9 Å². The zero-order chi connectivity index (χ0) is 28.0. The molecule has 1 aliphatic rings. The molecule has 3 aromatic rings. The van der Waals surface area contributed by atoms with E-state index in [0.717, 1.165) is 5.56 Å².